The van der Waals surface area contributed by atoms with E-state index in [1.807, 2.05) is 36.0 Å². The highest BCUT2D eigenvalue weighted by Crippen LogP contribution is 2.39. The number of fused-ring (bicyclic) bond motifs is 1. The van der Waals surface area contributed by atoms with E-state index < -0.39 is 5.91 Å². The number of hydrogen-bond donors (Lipinski definition) is 3. The van der Waals surface area contributed by atoms with Crippen LogP contribution in [0.5, 0.6) is 5.75 Å². The maximum absolute atomic E-state index is 12.3. The number of anilines is 1. The number of thiophene rings is 1. The van der Waals surface area contributed by atoms with E-state index in [9.17, 15) is 9.59 Å². The van der Waals surface area contributed by atoms with Crippen LogP contribution in [0.1, 0.15) is 26.4 Å². The first-order valence-corrected chi connectivity index (χ1v) is 9.76. The topological polar surface area (TPSA) is 93.4 Å². The molecule has 132 valence electrons. The monoisotopic (exact) mass is 377 g/mol. The maximum Gasteiger partial charge on any atom is 0.320 e. The fourth-order valence-electron chi connectivity index (χ4n) is 2.75. The number of nitrogens with two attached hydrogens (primary N) is 1. The van der Waals surface area contributed by atoms with Crippen molar-refractivity contribution in [2.75, 3.05) is 18.2 Å². The third kappa shape index (κ3) is 3.91. The predicted molar refractivity (Wildman–Crippen MR) is 102 cm³/mol. The Hall–Kier alpha value is -2.19. The first-order chi connectivity index (χ1) is 12.1. The van der Waals surface area contributed by atoms with E-state index in [-0.39, 0.29) is 6.03 Å². The van der Waals surface area contributed by atoms with Gasteiger partial charge in [0.05, 0.1) is 12.7 Å². The molecular formula is C17H19N3O3S2. The van der Waals surface area contributed by atoms with Gasteiger partial charge in [-0.1, -0.05) is 18.2 Å². The number of methoxy groups -OCH3 is 1. The van der Waals surface area contributed by atoms with Gasteiger partial charge < -0.3 is 15.8 Å². The number of ether oxygens (including phenoxy) is 1. The predicted octanol–water partition coefficient (Wildman–Crippen LogP) is 2.97. The Morgan fingerprint density at radius 1 is 1.32 bits per heavy atom. The molecule has 1 aromatic carbocycles. The SMILES string of the molecule is COc1ccccc1CNC(=O)Nc1sc2c(c1C(N)=O)CCSC2. The van der Waals surface area contributed by atoms with Crippen molar-refractivity contribution in [2.45, 2.75) is 18.7 Å². The van der Waals surface area contributed by atoms with E-state index in [2.05, 4.69) is 10.6 Å². The summed E-state index contributed by atoms with van der Waals surface area (Å²) < 4.78 is 5.27. The Labute approximate surface area is 154 Å². The Morgan fingerprint density at radius 2 is 2.12 bits per heavy atom. The second-order valence-corrected chi connectivity index (χ2v) is 7.70. The van der Waals surface area contributed by atoms with Gasteiger partial charge in [-0.15, -0.1) is 11.3 Å². The van der Waals surface area contributed by atoms with Crippen LogP contribution < -0.4 is 21.1 Å². The molecule has 0 aliphatic carbocycles. The Kier molecular flexibility index (Phi) is 5.50. The normalized spacial score (nSPS) is 13.0. The minimum absolute atomic E-state index is 0.322. The molecule has 2 aromatic rings. The molecule has 6 nitrogen and oxygen atoms in total. The van der Waals surface area contributed by atoms with Crippen LogP contribution in [0.15, 0.2) is 24.3 Å². The van der Waals surface area contributed by atoms with Crippen LogP contribution in [0, 0.1) is 0 Å². The largest absolute Gasteiger partial charge is 0.496 e. The van der Waals surface area contributed by atoms with Crippen molar-refractivity contribution >= 4 is 40.0 Å². The number of para-hydroxylation sites is 1. The lowest BCUT2D eigenvalue weighted by molar-refractivity contribution is 0.100. The molecule has 2 heterocycles. The zero-order valence-corrected chi connectivity index (χ0v) is 15.4. The molecule has 8 heteroatoms. The highest BCUT2D eigenvalue weighted by atomic mass is 32.2. The number of amides is 3. The number of rotatable bonds is 5. The zero-order valence-electron chi connectivity index (χ0n) is 13.8. The summed E-state index contributed by atoms with van der Waals surface area (Å²) >= 11 is 3.25. The fraction of sp³-hybridized carbons (Fsp3) is 0.294. The first kappa shape index (κ1) is 17.6. The van der Waals surface area contributed by atoms with E-state index in [0.29, 0.717) is 22.9 Å². The van der Waals surface area contributed by atoms with Crippen molar-refractivity contribution in [1.82, 2.24) is 5.32 Å². The molecule has 3 rings (SSSR count). The summed E-state index contributed by atoms with van der Waals surface area (Å²) in [7, 11) is 1.59. The smallest absolute Gasteiger partial charge is 0.320 e. The Balaban J connectivity index is 1.71. The number of benzene rings is 1. The molecule has 0 unspecified atom stereocenters. The van der Waals surface area contributed by atoms with Gasteiger partial charge in [0, 0.05) is 22.7 Å². The molecule has 0 bridgehead atoms. The van der Waals surface area contributed by atoms with Gasteiger partial charge in [-0.3, -0.25) is 10.1 Å². The molecule has 0 radical (unpaired) electrons. The van der Waals surface area contributed by atoms with Gasteiger partial charge in [0.2, 0.25) is 0 Å². The molecule has 4 N–H and O–H groups in total. The molecule has 3 amide bonds. The van der Waals surface area contributed by atoms with Crippen molar-refractivity contribution < 1.29 is 14.3 Å². The standard InChI is InChI=1S/C17H19N3O3S2/c1-23-12-5-3-2-4-10(12)8-19-17(22)20-16-14(15(18)21)11-6-7-24-9-13(11)25-16/h2-5H,6-9H2,1H3,(H2,18,21)(H2,19,20,22). The minimum Gasteiger partial charge on any atom is -0.496 e. The van der Waals surface area contributed by atoms with E-state index in [1.165, 1.54) is 11.3 Å². The van der Waals surface area contributed by atoms with Gasteiger partial charge in [0.25, 0.3) is 5.91 Å². The summed E-state index contributed by atoms with van der Waals surface area (Å²) in [5, 5.41) is 6.09. The van der Waals surface area contributed by atoms with Crippen LogP contribution in [0.25, 0.3) is 0 Å². The quantitative estimate of drug-likeness (QED) is 0.747. The van der Waals surface area contributed by atoms with E-state index in [0.717, 1.165) is 33.9 Å². The molecule has 1 aromatic heterocycles. The van der Waals surface area contributed by atoms with Crippen LogP contribution in [0.2, 0.25) is 0 Å². The minimum atomic E-state index is -0.496. The second-order valence-electron chi connectivity index (χ2n) is 5.49. The highest BCUT2D eigenvalue weighted by Gasteiger charge is 2.25. The lowest BCUT2D eigenvalue weighted by atomic mass is 10.1. The summed E-state index contributed by atoms with van der Waals surface area (Å²) in [5.41, 5.74) is 7.84. The number of hydrogen-bond acceptors (Lipinski definition) is 5. The van der Waals surface area contributed by atoms with E-state index in [1.54, 1.807) is 7.11 Å². The number of primary amides is 1. The molecule has 0 saturated heterocycles. The second kappa shape index (κ2) is 7.79. The summed E-state index contributed by atoms with van der Waals surface area (Å²) in [6, 6.07) is 7.10. The Morgan fingerprint density at radius 3 is 2.88 bits per heavy atom. The van der Waals surface area contributed by atoms with Gasteiger partial charge >= 0.3 is 6.03 Å². The van der Waals surface area contributed by atoms with Crippen molar-refractivity contribution in [3.8, 4) is 5.75 Å². The molecule has 0 spiro atoms. The number of carbonyl (C=O) groups is 2. The van der Waals surface area contributed by atoms with E-state index in [4.69, 9.17) is 10.5 Å². The summed E-state index contributed by atoms with van der Waals surface area (Å²) in [4.78, 5) is 25.2. The molecule has 1 aliphatic rings. The fourth-order valence-corrected chi connectivity index (χ4v) is 5.13. The number of thioether (sulfide) groups is 1. The summed E-state index contributed by atoms with van der Waals surface area (Å²) in [5.74, 6) is 2.03. The van der Waals surface area contributed by atoms with Crippen molar-refractivity contribution in [3.63, 3.8) is 0 Å². The van der Waals surface area contributed by atoms with Crippen molar-refractivity contribution in [3.05, 3.63) is 45.8 Å². The first-order valence-electron chi connectivity index (χ1n) is 7.79. The molecule has 0 fully saturated rings. The highest BCUT2D eigenvalue weighted by molar-refractivity contribution is 7.98. The number of nitrogens with one attached hydrogen (secondary N) is 2. The zero-order chi connectivity index (χ0) is 17.8. The van der Waals surface area contributed by atoms with E-state index >= 15 is 0 Å². The van der Waals surface area contributed by atoms with Crippen molar-refractivity contribution in [1.29, 1.82) is 0 Å². The average Bonchev–Trinajstić information content (AvgIpc) is 2.98. The average molecular weight is 377 g/mol. The van der Waals surface area contributed by atoms with Crippen LogP contribution in [0.3, 0.4) is 0 Å². The lowest BCUT2D eigenvalue weighted by Crippen LogP contribution is -2.29. The van der Waals surface area contributed by atoms with Crippen LogP contribution in [0.4, 0.5) is 9.80 Å². The third-order valence-corrected chi connectivity index (χ3v) is 6.24. The molecule has 0 atom stereocenters. The van der Waals surface area contributed by atoms with Crippen LogP contribution in [-0.4, -0.2) is 24.8 Å². The summed E-state index contributed by atoms with van der Waals surface area (Å²) in [6.45, 7) is 0.322. The summed E-state index contributed by atoms with van der Waals surface area (Å²) in [6.07, 6.45) is 0.805. The molecular weight excluding hydrogens is 358 g/mol. The van der Waals surface area contributed by atoms with Crippen LogP contribution in [-0.2, 0) is 18.7 Å². The maximum atomic E-state index is 12.3. The number of carbonyl (C=O) groups excluding carboxylic acids is 2. The van der Waals surface area contributed by atoms with Gasteiger partial charge in [-0.05, 0) is 23.8 Å². The van der Waals surface area contributed by atoms with Gasteiger partial charge in [-0.2, -0.15) is 11.8 Å². The van der Waals surface area contributed by atoms with Gasteiger partial charge in [0.15, 0.2) is 0 Å². The van der Waals surface area contributed by atoms with Crippen LogP contribution >= 0.6 is 23.1 Å². The van der Waals surface area contributed by atoms with Gasteiger partial charge in [-0.25, -0.2) is 4.79 Å². The third-order valence-electron chi connectivity index (χ3n) is 3.93. The molecule has 0 saturated carbocycles. The van der Waals surface area contributed by atoms with Crippen molar-refractivity contribution in [2.24, 2.45) is 5.73 Å². The molecule has 1 aliphatic heterocycles. The Bertz CT molecular complexity index is 804. The van der Waals surface area contributed by atoms with Gasteiger partial charge in [0.1, 0.15) is 10.8 Å². The molecule has 25 heavy (non-hydrogen) atoms. The number of urea groups is 1. The lowest BCUT2D eigenvalue weighted by Gasteiger charge is -2.11.